The molecule has 1 aromatic heterocycles. The van der Waals surface area contributed by atoms with Crippen molar-refractivity contribution in [3.63, 3.8) is 0 Å². The van der Waals surface area contributed by atoms with Crippen molar-refractivity contribution in [2.75, 3.05) is 18.2 Å². The molecule has 170 valence electrons. The molecule has 0 fully saturated rings. The third kappa shape index (κ3) is 6.03. The number of benzene rings is 2. The lowest BCUT2D eigenvalue weighted by molar-refractivity contribution is -0.113. The zero-order valence-corrected chi connectivity index (χ0v) is 20.0. The van der Waals surface area contributed by atoms with Crippen LogP contribution in [0.4, 0.5) is 5.69 Å². The third-order valence-corrected chi connectivity index (χ3v) is 5.93. The fraction of sp³-hybridized carbons (Fsp3) is 0.375. The molecule has 7 nitrogen and oxygen atoms in total. The van der Waals surface area contributed by atoms with Crippen molar-refractivity contribution >= 4 is 23.4 Å². The summed E-state index contributed by atoms with van der Waals surface area (Å²) in [4.78, 5) is 12.3. The molecule has 0 saturated heterocycles. The van der Waals surface area contributed by atoms with Crippen LogP contribution in [0.2, 0.25) is 0 Å². The molecule has 0 radical (unpaired) electrons. The number of hydrogen-bond donors (Lipinski definition) is 1. The number of aryl methyl sites for hydroxylation is 1. The first-order valence-electron chi connectivity index (χ1n) is 10.6. The maximum Gasteiger partial charge on any atom is 0.234 e. The molecule has 0 aliphatic heterocycles. The van der Waals surface area contributed by atoms with Gasteiger partial charge in [0.1, 0.15) is 18.1 Å². The molecular formula is C24H30N4O3S. The number of hydrogen-bond acceptors (Lipinski definition) is 6. The number of rotatable bonds is 10. The molecule has 3 aromatic rings. The normalized spacial score (nSPS) is 10.9. The van der Waals surface area contributed by atoms with Gasteiger partial charge in [-0.3, -0.25) is 4.79 Å². The van der Waals surface area contributed by atoms with Gasteiger partial charge in [-0.2, -0.15) is 0 Å². The van der Waals surface area contributed by atoms with Crippen molar-refractivity contribution in [3.05, 3.63) is 59.4 Å². The van der Waals surface area contributed by atoms with Gasteiger partial charge in [-0.15, -0.1) is 10.2 Å². The van der Waals surface area contributed by atoms with E-state index in [1.54, 1.807) is 7.11 Å². The van der Waals surface area contributed by atoms with Gasteiger partial charge in [0.25, 0.3) is 0 Å². The zero-order chi connectivity index (χ0) is 23.1. The van der Waals surface area contributed by atoms with E-state index in [9.17, 15) is 4.79 Å². The van der Waals surface area contributed by atoms with E-state index in [1.807, 2.05) is 35.8 Å². The second-order valence-corrected chi connectivity index (χ2v) is 8.64. The first-order chi connectivity index (χ1) is 15.4. The van der Waals surface area contributed by atoms with E-state index in [2.05, 4.69) is 54.5 Å². The van der Waals surface area contributed by atoms with Crippen LogP contribution < -0.4 is 14.8 Å². The summed E-state index contributed by atoms with van der Waals surface area (Å²) in [6.07, 6.45) is 0. The molecule has 0 aliphatic carbocycles. The molecule has 1 amide bonds. The molecule has 0 aliphatic rings. The molecule has 0 saturated carbocycles. The Labute approximate surface area is 193 Å². The minimum atomic E-state index is -0.107. The summed E-state index contributed by atoms with van der Waals surface area (Å²) < 4.78 is 13.2. The Morgan fingerprint density at radius 1 is 1.16 bits per heavy atom. The fourth-order valence-electron chi connectivity index (χ4n) is 3.24. The van der Waals surface area contributed by atoms with Crippen molar-refractivity contribution in [2.24, 2.45) is 0 Å². The Bertz CT molecular complexity index is 1050. The molecule has 0 bridgehead atoms. The van der Waals surface area contributed by atoms with E-state index in [4.69, 9.17) is 9.47 Å². The summed E-state index contributed by atoms with van der Waals surface area (Å²) in [5.41, 5.74) is 3.05. The Hall–Kier alpha value is -3.00. The molecule has 0 unspecified atom stereocenters. The summed E-state index contributed by atoms with van der Waals surface area (Å²) in [6, 6.07) is 13.5. The number of ether oxygens (including phenoxy) is 2. The standard InChI is InChI=1S/C24H30N4O3S/c1-6-28-22(14-31-21-13-17(4)7-12-20(21)16(2)3)26-27-24(28)32-15-23(29)25-18-8-10-19(30-5)11-9-18/h7-13,16H,6,14-15H2,1-5H3,(H,25,29). The van der Waals surface area contributed by atoms with Gasteiger partial charge in [-0.25, -0.2) is 0 Å². The number of aromatic nitrogens is 3. The first-order valence-corrected chi connectivity index (χ1v) is 11.6. The van der Waals surface area contributed by atoms with Crippen LogP contribution in [0.3, 0.4) is 0 Å². The summed E-state index contributed by atoms with van der Waals surface area (Å²) in [7, 11) is 1.61. The lowest BCUT2D eigenvalue weighted by Crippen LogP contribution is -2.15. The Morgan fingerprint density at radius 2 is 1.91 bits per heavy atom. The topological polar surface area (TPSA) is 78.3 Å². The SMILES string of the molecule is CCn1c(COc2cc(C)ccc2C(C)C)nnc1SCC(=O)Nc1ccc(OC)cc1. The van der Waals surface area contributed by atoms with E-state index in [0.29, 0.717) is 24.2 Å². The lowest BCUT2D eigenvalue weighted by Gasteiger charge is -2.15. The van der Waals surface area contributed by atoms with Crippen LogP contribution >= 0.6 is 11.8 Å². The van der Waals surface area contributed by atoms with Crippen LogP contribution in [0.5, 0.6) is 11.5 Å². The molecule has 0 atom stereocenters. The van der Waals surface area contributed by atoms with Crippen LogP contribution in [-0.2, 0) is 17.9 Å². The van der Waals surface area contributed by atoms with Gasteiger partial charge in [0, 0.05) is 12.2 Å². The van der Waals surface area contributed by atoms with Crippen molar-refractivity contribution in [2.45, 2.75) is 51.9 Å². The number of methoxy groups -OCH3 is 1. The Kier molecular flexibility index (Phi) is 8.16. The molecule has 1 N–H and O–H groups in total. The number of carbonyl (C=O) groups excluding carboxylic acids is 1. The second kappa shape index (κ2) is 11.0. The molecule has 3 rings (SSSR count). The zero-order valence-electron chi connectivity index (χ0n) is 19.2. The van der Waals surface area contributed by atoms with Crippen molar-refractivity contribution < 1.29 is 14.3 Å². The summed E-state index contributed by atoms with van der Waals surface area (Å²) in [5.74, 6) is 2.85. The Morgan fingerprint density at radius 3 is 2.56 bits per heavy atom. The highest BCUT2D eigenvalue weighted by atomic mass is 32.2. The Balaban J connectivity index is 1.61. The lowest BCUT2D eigenvalue weighted by atomic mass is 10.0. The molecule has 2 aromatic carbocycles. The number of thioether (sulfide) groups is 1. The van der Waals surface area contributed by atoms with E-state index in [1.165, 1.54) is 17.3 Å². The highest BCUT2D eigenvalue weighted by Crippen LogP contribution is 2.28. The molecule has 32 heavy (non-hydrogen) atoms. The van der Waals surface area contributed by atoms with Crippen molar-refractivity contribution in [1.82, 2.24) is 14.8 Å². The second-order valence-electron chi connectivity index (χ2n) is 7.69. The maximum absolute atomic E-state index is 12.3. The van der Waals surface area contributed by atoms with Gasteiger partial charge in [-0.1, -0.05) is 37.7 Å². The summed E-state index contributed by atoms with van der Waals surface area (Å²) in [5, 5.41) is 12.2. The molecule has 1 heterocycles. The number of nitrogens with zero attached hydrogens (tertiary/aromatic N) is 3. The number of nitrogens with one attached hydrogen (secondary N) is 1. The number of amides is 1. The van der Waals surface area contributed by atoms with Crippen LogP contribution in [0.25, 0.3) is 0 Å². The van der Waals surface area contributed by atoms with E-state index in [0.717, 1.165) is 28.6 Å². The average molecular weight is 455 g/mol. The predicted molar refractivity (Wildman–Crippen MR) is 128 cm³/mol. The predicted octanol–water partition coefficient (Wildman–Crippen LogP) is 5.05. The number of carbonyl (C=O) groups is 1. The minimum Gasteiger partial charge on any atom is -0.497 e. The van der Waals surface area contributed by atoms with Crippen molar-refractivity contribution in [1.29, 1.82) is 0 Å². The van der Waals surface area contributed by atoms with Gasteiger partial charge in [-0.05, 0) is 61.2 Å². The minimum absolute atomic E-state index is 0.107. The van der Waals surface area contributed by atoms with Gasteiger partial charge in [0.15, 0.2) is 11.0 Å². The third-order valence-electron chi connectivity index (χ3n) is 4.96. The fourth-order valence-corrected chi connectivity index (χ4v) is 4.06. The average Bonchev–Trinajstić information content (AvgIpc) is 3.18. The van der Waals surface area contributed by atoms with Crippen LogP contribution in [0.15, 0.2) is 47.6 Å². The van der Waals surface area contributed by atoms with E-state index < -0.39 is 0 Å². The largest absolute Gasteiger partial charge is 0.497 e. The quantitative estimate of drug-likeness (QED) is 0.432. The molecule has 8 heteroatoms. The highest BCUT2D eigenvalue weighted by Gasteiger charge is 2.15. The van der Waals surface area contributed by atoms with E-state index in [-0.39, 0.29) is 11.7 Å². The van der Waals surface area contributed by atoms with Gasteiger partial charge < -0.3 is 19.4 Å². The maximum atomic E-state index is 12.3. The highest BCUT2D eigenvalue weighted by molar-refractivity contribution is 7.99. The summed E-state index contributed by atoms with van der Waals surface area (Å²) >= 11 is 1.36. The van der Waals surface area contributed by atoms with Gasteiger partial charge in [0.05, 0.1) is 12.9 Å². The molecule has 0 spiro atoms. The van der Waals surface area contributed by atoms with Gasteiger partial charge >= 0.3 is 0 Å². The van der Waals surface area contributed by atoms with Crippen LogP contribution in [0, 0.1) is 6.92 Å². The van der Waals surface area contributed by atoms with Crippen LogP contribution in [-0.4, -0.2) is 33.5 Å². The smallest absolute Gasteiger partial charge is 0.234 e. The van der Waals surface area contributed by atoms with Crippen LogP contribution in [0.1, 0.15) is 43.6 Å². The van der Waals surface area contributed by atoms with Crippen molar-refractivity contribution in [3.8, 4) is 11.5 Å². The number of anilines is 1. The summed E-state index contributed by atoms with van der Waals surface area (Å²) in [6.45, 7) is 9.40. The monoisotopic (exact) mass is 454 g/mol. The molecular weight excluding hydrogens is 424 g/mol. The first kappa shape index (κ1) is 23.7. The van der Waals surface area contributed by atoms with Gasteiger partial charge in [0.2, 0.25) is 5.91 Å². The van der Waals surface area contributed by atoms with E-state index >= 15 is 0 Å².